The number of benzene rings is 1. The van der Waals surface area contributed by atoms with Crippen LogP contribution >= 0.6 is 0 Å². The minimum Gasteiger partial charge on any atom is -0.481 e. The average Bonchev–Trinajstić information content (AvgIpc) is 2.96. The van der Waals surface area contributed by atoms with E-state index in [0.717, 1.165) is 7.11 Å². The van der Waals surface area contributed by atoms with Gasteiger partial charge in [0, 0.05) is 25.7 Å². The van der Waals surface area contributed by atoms with Crippen LogP contribution in [0.3, 0.4) is 0 Å². The largest absolute Gasteiger partial charge is 0.481 e. The summed E-state index contributed by atoms with van der Waals surface area (Å²) in [6, 6.07) is 8.04. The van der Waals surface area contributed by atoms with E-state index >= 15 is 0 Å². The third kappa shape index (κ3) is 8.19. The van der Waals surface area contributed by atoms with Crippen LogP contribution in [-0.2, 0) is 52.3 Å². The molecule has 2 aliphatic rings. The molecule has 1 aromatic carbocycles. The lowest BCUT2D eigenvalue weighted by Gasteiger charge is -2.48. The molecule has 0 amide bonds. The number of rotatable bonds is 16. The monoisotopic (exact) mass is 692 g/mol. The maximum atomic E-state index is 14.8. The normalized spacial score (nSPS) is 26.8. The van der Waals surface area contributed by atoms with Crippen LogP contribution in [0.4, 0.5) is 35.1 Å². The van der Waals surface area contributed by atoms with Gasteiger partial charge in [-0.25, -0.2) is 4.74 Å². The zero-order chi connectivity index (χ0) is 33.8. The van der Waals surface area contributed by atoms with Crippen LogP contribution in [0.1, 0.15) is 31.6 Å². The molecule has 1 unspecified atom stereocenters. The summed E-state index contributed by atoms with van der Waals surface area (Å²) in [5.74, 6) is -7.82. The topological polar surface area (TPSA) is 145 Å². The average molecular weight is 693 g/mol. The Morgan fingerprint density at radius 2 is 1.64 bits per heavy atom. The number of halogens is 8. The number of carboxylic acid groups (broad SMARTS) is 1. The number of alkyl halides is 8. The molecule has 2 saturated heterocycles. The molecule has 2 fully saturated rings. The van der Waals surface area contributed by atoms with Gasteiger partial charge in [0.25, 0.3) is 0 Å². The number of aliphatic carboxylic acids is 1. The fourth-order valence-corrected chi connectivity index (χ4v) is 5.02. The Bertz CT molecular complexity index is 1240. The van der Waals surface area contributed by atoms with Gasteiger partial charge >= 0.3 is 39.5 Å². The fourth-order valence-electron chi connectivity index (χ4n) is 4.08. The highest BCUT2D eigenvalue weighted by Crippen LogP contribution is 2.49. The maximum absolute atomic E-state index is 14.8. The summed E-state index contributed by atoms with van der Waals surface area (Å²) in [6.07, 6.45) is -27.4. The first-order valence-corrected chi connectivity index (χ1v) is 14.3. The molecule has 258 valence electrons. The van der Waals surface area contributed by atoms with Crippen molar-refractivity contribution in [2.24, 2.45) is 0 Å². The standard InChI is InChI=1S/C24H28F8O12S/c1-3-38-12-40-17-16-14(11-39-19(42-16)13-7-5-4-6-8-13)41-20(37-2)18(17)43-45(35,36)24(31,32)23(29,30)44-22(27,28)21(25,26)10-9-15(33)34/h4-8,14,16-20H,3,9-12H2,1-2H3,(H,33,34)/t14-,16-,17+,18+,19?,20-/m1/s1. The number of fused-ring (bicyclic) bond motifs is 1. The maximum Gasteiger partial charge on any atom is 0.460 e. The van der Waals surface area contributed by atoms with Gasteiger partial charge < -0.3 is 33.5 Å². The van der Waals surface area contributed by atoms with Gasteiger partial charge in [-0.3, -0.25) is 8.98 Å². The lowest BCUT2D eigenvalue weighted by atomic mass is 9.97. The van der Waals surface area contributed by atoms with Crippen LogP contribution in [0.2, 0.25) is 0 Å². The Morgan fingerprint density at radius 3 is 2.22 bits per heavy atom. The van der Waals surface area contributed by atoms with Crippen molar-refractivity contribution in [3.63, 3.8) is 0 Å². The van der Waals surface area contributed by atoms with Crippen LogP contribution in [0.15, 0.2) is 30.3 Å². The minimum atomic E-state index is -7.12. The Balaban J connectivity index is 1.91. The fraction of sp³-hybridized carbons (Fsp3) is 0.708. The summed E-state index contributed by atoms with van der Waals surface area (Å²) < 4.78 is 178. The molecule has 2 aliphatic heterocycles. The summed E-state index contributed by atoms with van der Waals surface area (Å²) in [5.41, 5.74) is 0.433. The zero-order valence-electron chi connectivity index (χ0n) is 23.3. The van der Waals surface area contributed by atoms with E-state index in [1.165, 1.54) is 6.92 Å². The van der Waals surface area contributed by atoms with Crippen molar-refractivity contribution in [1.82, 2.24) is 0 Å². The van der Waals surface area contributed by atoms with Crippen LogP contribution in [0.5, 0.6) is 0 Å². The number of hydrogen-bond acceptors (Lipinski definition) is 11. The van der Waals surface area contributed by atoms with Crippen molar-refractivity contribution in [2.45, 2.75) is 80.2 Å². The van der Waals surface area contributed by atoms with Gasteiger partial charge in [-0.2, -0.15) is 43.5 Å². The molecule has 1 aromatic rings. The zero-order valence-corrected chi connectivity index (χ0v) is 24.1. The number of carboxylic acids is 1. The van der Waals surface area contributed by atoms with Gasteiger partial charge in [0.15, 0.2) is 18.7 Å². The molecule has 0 bridgehead atoms. The molecular weight excluding hydrogens is 664 g/mol. The van der Waals surface area contributed by atoms with Crippen molar-refractivity contribution < 1.29 is 90.8 Å². The van der Waals surface area contributed by atoms with E-state index in [1.54, 1.807) is 30.3 Å². The van der Waals surface area contributed by atoms with Crippen molar-refractivity contribution in [2.75, 3.05) is 27.1 Å². The predicted octanol–water partition coefficient (Wildman–Crippen LogP) is 3.86. The number of carbonyl (C=O) groups is 1. The highest BCUT2D eigenvalue weighted by molar-refractivity contribution is 7.87. The summed E-state index contributed by atoms with van der Waals surface area (Å²) in [4.78, 5) is 10.4. The first-order chi connectivity index (χ1) is 20.8. The molecule has 0 saturated carbocycles. The molecule has 1 N–H and O–H groups in total. The minimum absolute atomic E-state index is 0.0262. The lowest BCUT2D eigenvalue weighted by molar-refractivity contribution is -0.456. The van der Waals surface area contributed by atoms with Gasteiger partial charge in [-0.05, 0) is 6.92 Å². The third-order valence-electron chi connectivity index (χ3n) is 6.36. The number of hydrogen-bond donors (Lipinski definition) is 1. The Labute approximate surface area is 250 Å². The van der Waals surface area contributed by atoms with E-state index in [-0.39, 0.29) is 13.2 Å². The molecule has 0 spiro atoms. The molecule has 6 atom stereocenters. The van der Waals surface area contributed by atoms with E-state index < -0.39 is 96.1 Å². The second-order valence-electron chi connectivity index (χ2n) is 9.46. The molecular formula is C24H28F8O12S. The van der Waals surface area contributed by atoms with E-state index in [2.05, 4.69) is 8.92 Å². The summed E-state index contributed by atoms with van der Waals surface area (Å²) in [7, 11) is -6.24. The van der Waals surface area contributed by atoms with E-state index in [4.69, 9.17) is 33.5 Å². The van der Waals surface area contributed by atoms with Crippen LogP contribution in [0.25, 0.3) is 0 Å². The highest BCUT2D eigenvalue weighted by Gasteiger charge is 2.75. The Kier molecular flexibility index (Phi) is 11.8. The van der Waals surface area contributed by atoms with Gasteiger partial charge in [-0.15, -0.1) is 0 Å². The van der Waals surface area contributed by atoms with E-state index in [1.807, 2.05) is 0 Å². The van der Waals surface area contributed by atoms with Crippen LogP contribution in [-0.4, -0.2) is 101 Å². The quantitative estimate of drug-likeness (QED) is 0.116. The lowest BCUT2D eigenvalue weighted by Crippen LogP contribution is -2.65. The van der Waals surface area contributed by atoms with Crippen molar-refractivity contribution in [3.05, 3.63) is 35.9 Å². The van der Waals surface area contributed by atoms with Gasteiger partial charge in [-0.1, -0.05) is 30.3 Å². The van der Waals surface area contributed by atoms with Crippen LogP contribution < -0.4 is 0 Å². The van der Waals surface area contributed by atoms with Gasteiger partial charge in [0.1, 0.15) is 25.1 Å². The SMILES string of the molecule is CCOCO[C@@H]1[C@H](OS(=O)(=O)C(F)(F)C(F)(F)OC(F)(F)C(F)(F)CCC(=O)O)[C@H](OC)O[C@@H]2COC(c3ccccc3)O[C@@H]12. The predicted molar refractivity (Wildman–Crippen MR) is 129 cm³/mol. The molecule has 0 radical (unpaired) electrons. The first-order valence-electron chi connectivity index (χ1n) is 12.9. The molecule has 2 heterocycles. The van der Waals surface area contributed by atoms with Crippen molar-refractivity contribution in [3.8, 4) is 0 Å². The Morgan fingerprint density at radius 1 is 1.00 bits per heavy atom. The third-order valence-corrected chi connectivity index (χ3v) is 7.70. The summed E-state index contributed by atoms with van der Waals surface area (Å²) in [6.45, 7) is 0.616. The molecule has 3 rings (SSSR count). The highest BCUT2D eigenvalue weighted by atomic mass is 32.2. The number of methoxy groups -OCH3 is 1. The van der Waals surface area contributed by atoms with Crippen molar-refractivity contribution in [1.29, 1.82) is 0 Å². The van der Waals surface area contributed by atoms with Crippen molar-refractivity contribution >= 4 is 16.1 Å². The van der Waals surface area contributed by atoms with Crippen LogP contribution in [0, 0.1) is 0 Å². The molecule has 12 nitrogen and oxygen atoms in total. The van der Waals surface area contributed by atoms with Gasteiger partial charge in [0.2, 0.25) is 0 Å². The van der Waals surface area contributed by atoms with E-state index in [9.17, 15) is 48.3 Å². The Hall–Kier alpha value is -2.24. The second-order valence-corrected chi connectivity index (χ2v) is 11.1. The smallest absolute Gasteiger partial charge is 0.460 e. The number of ether oxygens (including phenoxy) is 7. The first kappa shape index (κ1) is 37.2. The van der Waals surface area contributed by atoms with Gasteiger partial charge in [0.05, 0.1) is 13.0 Å². The molecule has 21 heteroatoms. The second kappa shape index (κ2) is 14.3. The van der Waals surface area contributed by atoms with E-state index in [0.29, 0.717) is 5.56 Å². The molecule has 0 aliphatic carbocycles. The summed E-state index contributed by atoms with van der Waals surface area (Å²) in [5, 5.41) is 1.64. The molecule has 45 heavy (non-hydrogen) atoms. The summed E-state index contributed by atoms with van der Waals surface area (Å²) >= 11 is 0. The molecule has 0 aromatic heterocycles.